The maximum Gasteiger partial charge on any atom is 0.444 e. The predicted molar refractivity (Wildman–Crippen MR) is 59.4 cm³/mol. The Morgan fingerprint density at radius 2 is 1.89 bits per heavy atom. The molecular weight excluding hydrogens is 294 g/mol. The molecule has 0 aliphatic heterocycles. The van der Waals surface area contributed by atoms with E-state index in [0.717, 1.165) is 12.8 Å². The van der Waals surface area contributed by atoms with Crippen LogP contribution in [-0.2, 0) is 14.2 Å². The van der Waals surface area contributed by atoms with Gasteiger partial charge in [0.25, 0.3) is 5.91 Å². The summed E-state index contributed by atoms with van der Waals surface area (Å²) in [6.45, 7) is 1.86. The van der Waals surface area contributed by atoms with Crippen LogP contribution >= 0.6 is 12.0 Å². The molecule has 10 heteroatoms. The van der Waals surface area contributed by atoms with Crippen molar-refractivity contribution < 1.29 is 37.0 Å². The number of carbonyl (C=O) groups is 1. The lowest BCUT2D eigenvalue weighted by atomic mass is 10.2. The number of alkyl halides is 4. The Bertz CT molecular complexity index is 279. The summed E-state index contributed by atoms with van der Waals surface area (Å²) >= 11 is -0.969. The Morgan fingerprint density at radius 3 is 2.37 bits per heavy atom. The van der Waals surface area contributed by atoms with Gasteiger partial charge in [-0.3, -0.25) is 4.79 Å². The van der Waals surface area contributed by atoms with Crippen LogP contribution in [0.15, 0.2) is 0 Å². The minimum Gasteiger partial charge on any atom is -0.352 e. The Kier molecular flexibility index (Phi) is 8.30. The molecule has 0 heterocycles. The molecule has 1 atom stereocenters. The highest BCUT2D eigenvalue weighted by Gasteiger charge is 2.64. The van der Waals surface area contributed by atoms with E-state index in [1.165, 1.54) is 0 Å². The minimum absolute atomic E-state index is 0.0822. The standard InChI is InChI=1S/C9H15F4NO4S/c1-2-3-4-5-6-14-7(15)8(10,9(11,12)13)19-18-17-16/h16H,2-6H2,1H3,(H,14,15). The fraction of sp³-hybridized carbons (Fsp3) is 0.889. The van der Waals surface area contributed by atoms with Crippen molar-refractivity contribution in [1.29, 1.82) is 0 Å². The topological polar surface area (TPSA) is 67.8 Å². The van der Waals surface area contributed by atoms with Crippen molar-refractivity contribution in [2.24, 2.45) is 0 Å². The summed E-state index contributed by atoms with van der Waals surface area (Å²) in [5.74, 6) is -1.90. The zero-order valence-electron chi connectivity index (χ0n) is 10.1. The molecule has 0 aliphatic rings. The molecule has 0 aliphatic carbocycles. The van der Waals surface area contributed by atoms with E-state index in [1.54, 1.807) is 0 Å². The van der Waals surface area contributed by atoms with Crippen molar-refractivity contribution in [1.82, 2.24) is 5.32 Å². The van der Waals surface area contributed by atoms with E-state index in [0.29, 0.717) is 12.8 Å². The van der Waals surface area contributed by atoms with E-state index in [2.05, 4.69) is 9.37 Å². The Hall–Kier alpha value is -0.580. The second kappa shape index (κ2) is 8.56. The number of carbonyl (C=O) groups excluding carboxylic acids is 1. The molecule has 0 saturated carbocycles. The second-order valence-electron chi connectivity index (χ2n) is 3.64. The zero-order valence-corrected chi connectivity index (χ0v) is 10.9. The van der Waals surface area contributed by atoms with Crippen LogP contribution in [-0.4, -0.2) is 28.9 Å². The molecule has 0 radical (unpaired) electrons. The van der Waals surface area contributed by atoms with Gasteiger partial charge in [0, 0.05) is 6.54 Å². The van der Waals surface area contributed by atoms with Crippen LogP contribution in [0.3, 0.4) is 0 Å². The molecule has 2 N–H and O–H groups in total. The van der Waals surface area contributed by atoms with Gasteiger partial charge in [-0.15, -0.1) is 4.33 Å². The van der Waals surface area contributed by atoms with E-state index in [-0.39, 0.29) is 6.54 Å². The summed E-state index contributed by atoms with van der Waals surface area (Å²) in [7, 11) is 0. The molecule has 0 bridgehead atoms. The molecule has 0 spiro atoms. The summed E-state index contributed by atoms with van der Waals surface area (Å²) in [5, 5.41) is 8.10. The SMILES string of the molecule is CCCCCCNC(=O)C(F)(SOOO)C(F)(F)F. The lowest BCUT2D eigenvalue weighted by Gasteiger charge is -2.23. The number of rotatable bonds is 9. The third-order valence-corrected chi connectivity index (χ3v) is 2.93. The molecule has 5 nitrogen and oxygen atoms in total. The van der Waals surface area contributed by atoms with Gasteiger partial charge in [-0.25, -0.2) is 9.65 Å². The molecule has 0 saturated heterocycles. The summed E-state index contributed by atoms with van der Waals surface area (Å²) in [6, 6.07) is 0. The smallest absolute Gasteiger partial charge is 0.352 e. The summed E-state index contributed by atoms with van der Waals surface area (Å²) < 4.78 is 54.3. The molecule has 0 fully saturated rings. The number of hydrogen-bond acceptors (Lipinski definition) is 5. The normalized spacial score (nSPS) is 15.1. The van der Waals surface area contributed by atoms with Crippen molar-refractivity contribution in [2.45, 2.75) is 43.8 Å². The number of amides is 1. The first-order chi connectivity index (χ1) is 8.79. The van der Waals surface area contributed by atoms with Crippen LogP contribution in [0.5, 0.6) is 0 Å². The maximum atomic E-state index is 13.6. The van der Waals surface area contributed by atoms with Gasteiger partial charge in [0.1, 0.15) is 0 Å². The van der Waals surface area contributed by atoms with Crippen molar-refractivity contribution in [3.8, 4) is 0 Å². The largest absolute Gasteiger partial charge is 0.444 e. The number of halogens is 4. The van der Waals surface area contributed by atoms with Gasteiger partial charge in [-0.2, -0.15) is 13.2 Å². The average molecular weight is 309 g/mol. The van der Waals surface area contributed by atoms with Crippen LogP contribution in [0.2, 0.25) is 0 Å². The van der Waals surface area contributed by atoms with E-state index >= 15 is 0 Å². The van der Waals surface area contributed by atoms with Crippen molar-refractivity contribution in [3.05, 3.63) is 0 Å². The first-order valence-electron chi connectivity index (χ1n) is 5.49. The van der Waals surface area contributed by atoms with Crippen molar-refractivity contribution >= 4 is 17.9 Å². The molecule has 1 amide bonds. The van der Waals surface area contributed by atoms with Crippen LogP contribution in [0.1, 0.15) is 32.6 Å². The van der Waals surface area contributed by atoms with Crippen LogP contribution < -0.4 is 5.32 Å². The highest BCUT2D eigenvalue weighted by Crippen LogP contribution is 2.43. The first-order valence-corrected chi connectivity index (χ1v) is 6.23. The zero-order chi connectivity index (χ0) is 14.9. The van der Waals surface area contributed by atoms with Gasteiger partial charge in [0.2, 0.25) is 0 Å². The molecule has 0 aromatic carbocycles. The summed E-state index contributed by atoms with van der Waals surface area (Å²) in [4.78, 5) is 11.2. The van der Waals surface area contributed by atoms with Gasteiger partial charge < -0.3 is 5.32 Å². The highest BCUT2D eigenvalue weighted by atomic mass is 32.2. The van der Waals surface area contributed by atoms with Gasteiger partial charge in [-0.1, -0.05) is 31.2 Å². The lowest BCUT2D eigenvalue weighted by molar-refractivity contribution is -0.433. The highest BCUT2D eigenvalue weighted by molar-refractivity contribution is 7.96. The Labute approximate surface area is 111 Å². The van der Waals surface area contributed by atoms with E-state index in [4.69, 9.17) is 5.26 Å². The van der Waals surface area contributed by atoms with Gasteiger partial charge >= 0.3 is 11.2 Å². The van der Waals surface area contributed by atoms with E-state index < -0.39 is 29.1 Å². The Balaban J connectivity index is 4.40. The van der Waals surface area contributed by atoms with Crippen molar-refractivity contribution in [3.63, 3.8) is 0 Å². The fourth-order valence-corrected chi connectivity index (χ4v) is 1.51. The van der Waals surface area contributed by atoms with Gasteiger partial charge in [-0.05, 0) is 6.42 Å². The average Bonchev–Trinajstić information content (AvgIpc) is 2.33. The molecular formula is C9H15F4NO4S. The Morgan fingerprint density at radius 1 is 1.26 bits per heavy atom. The molecule has 114 valence electrons. The quantitative estimate of drug-likeness (QED) is 0.225. The van der Waals surface area contributed by atoms with Gasteiger partial charge in [0.15, 0.2) is 0 Å². The van der Waals surface area contributed by atoms with E-state index in [1.807, 2.05) is 12.2 Å². The lowest BCUT2D eigenvalue weighted by Crippen LogP contribution is -2.51. The second-order valence-corrected chi connectivity index (χ2v) is 4.50. The monoisotopic (exact) mass is 309 g/mol. The van der Waals surface area contributed by atoms with Crippen LogP contribution in [0, 0.1) is 0 Å². The van der Waals surface area contributed by atoms with Crippen LogP contribution in [0.4, 0.5) is 17.6 Å². The molecule has 0 aromatic heterocycles. The van der Waals surface area contributed by atoms with Crippen LogP contribution in [0.25, 0.3) is 0 Å². The third-order valence-electron chi connectivity index (χ3n) is 2.15. The predicted octanol–water partition coefficient (Wildman–Crippen LogP) is 2.98. The van der Waals surface area contributed by atoms with Gasteiger partial charge in [0.05, 0.1) is 12.0 Å². The van der Waals surface area contributed by atoms with E-state index in [9.17, 15) is 22.4 Å². The molecule has 0 aromatic rings. The van der Waals surface area contributed by atoms with Crippen molar-refractivity contribution in [2.75, 3.05) is 6.54 Å². The minimum atomic E-state index is -5.51. The third kappa shape index (κ3) is 5.93. The number of nitrogens with one attached hydrogen (secondary N) is 1. The molecule has 19 heavy (non-hydrogen) atoms. The summed E-state index contributed by atoms with van der Waals surface area (Å²) in [6.07, 6.45) is -2.57. The number of unbranched alkanes of at least 4 members (excludes halogenated alkanes) is 3. The maximum absolute atomic E-state index is 13.6. The summed E-state index contributed by atoms with van der Waals surface area (Å²) in [5.41, 5.74) is 0. The fourth-order valence-electron chi connectivity index (χ4n) is 1.14. The number of hydrogen-bond donors (Lipinski definition) is 2. The first kappa shape index (κ1) is 18.4. The molecule has 0 rings (SSSR count). The molecule has 1 unspecified atom stereocenters.